The van der Waals surface area contributed by atoms with Gasteiger partial charge in [0.1, 0.15) is 11.3 Å². The van der Waals surface area contributed by atoms with Crippen molar-refractivity contribution in [3.8, 4) is 11.5 Å². The molecular formula is C18H15NO2. The number of Topliss-reactive ketones (excluding diaryl/α,β-unsaturated/α-hetero) is 1. The van der Waals surface area contributed by atoms with Crippen LogP contribution in [-0.2, 0) is 0 Å². The maximum Gasteiger partial charge on any atom is 0.162 e. The highest BCUT2D eigenvalue weighted by molar-refractivity contribution is 5.95. The number of benzene rings is 2. The summed E-state index contributed by atoms with van der Waals surface area (Å²) in [7, 11) is 0. The van der Waals surface area contributed by atoms with Crippen molar-refractivity contribution in [2.24, 2.45) is 0 Å². The Morgan fingerprint density at radius 1 is 1.05 bits per heavy atom. The van der Waals surface area contributed by atoms with Crippen molar-refractivity contribution in [2.75, 3.05) is 0 Å². The molecule has 0 atom stereocenters. The van der Waals surface area contributed by atoms with Gasteiger partial charge in [-0.05, 0) is 36.4 Å². The van der Waals surface area contributed by atoms with E-state index in [-0.39, 0.29) is 5.78 Å². The third kappa shape index (κ3) is 2.77. The Kier molecular flexibility index (Phi) is 3.65. The minimum atomic E-state index is 0.133. The zero-order valence-electron chi connectivity index (χ0n) is 11.7. The van der Waals surface area contributed by atoms with E-state index in [4.69, 9.17) is 4.74 Å². The molecule has 0 saturated carbocycles. The molecule has 2 aromatic carbocycles. The third-order valence-corrected chi connectivity index (χ3v) is 3.32. The molecule has 0 radical (unpaired) electrons. The Labute approximate surface area is 123 Å². The molecule has 0 spiro atoms. The lowest BCUT2D eigenvalue weighted by Crippen LogP contribution is -1.96. The summed E-state index contributed by atoms with van der Waals surface area (Å²) >= 11 is 0. The molecular weight excluding hydrogens is 262 g/mol. The smallest absolute Gasteiger partial charge is 0.162 e. The lowest BCUT2D eigenvalue weighted by Gasteiger charge is -2.08. The predicted octanol–water partition coefficient (Wildman–Crippen LogP) is 4.62. The molecule has 3 heteroatoms. The van der Waals surface area contributed by atoms with Crippen molar-refractivity contribution in [2.45, 2.75) is 13.3 Å². The second kappa shape index (κ2) is 5.75. The number of pyridine rings is 1. The van der Waals surface area contributed by atoms with Crippen LogP contribution in [0.4, 0.5) is 0 Å². The first-order chi connectivity index (χ1) is 10.3. The zero-order valence-corrected chi connectivity index (χ0v) is 11.7. The van der Waals surface area contributed by atoms with Crippen LogP contribution in [0.1, 0.15) is 23.7 Å². The van der Waals surface area contributed by atoms with Crippen LogP contribution < -0.4 is 4.74 Å². The van der Waals surface area contributed by atoms with Gasteiger partial charge in [-0.25, -0.2) is 0 Å². The summed E-state index contributed by atoms with van der Waals surface area (Å²) in [5, 5.41) is 1.03. The number of ketones is 1. The first-order valence-electron chi connectivity index (χ1n) is 6.93. The minimum Gasteiger partial charge on any atom is -0.455 e. The first-order valence-corrected chi connectivity index (χ1v) is 6.93. The summed E-state index contributed by atoms with van der Waals surface area (Å²) in [5.74, 6) is 1.54. The van der Waals surface area contributed by atoms with E-state index in [0.717, 1.165) is 10.9 Å². The average Bonchev–Trinajstić information content (AvgIpc) is 2.55. The number of hydrogen-bond acceptors (Lipinski definition) is 3. The van der Waals surface area contributed by atoms with Crippen LogP contribution >= 0.6 is 0 Å². The van der Waals surface area contributed by atoms with Gasteiger partial charge >= 0.3 is 0 Å². The number of ether oxygens (including phenoxy) is 1. The Bertz CT molecular complexity index is 773. The molecule has 0 bridgehead atoms. The van der Waals surface area contributed by atoms with E-state index >= 15 is 0 Å². The van der Waals surface area contributed by atoms with Crippen molar-refractivity contribution in [3.05, 3.63) is 66.4 Å². The Morgan fingerprint density at radius 3 is 2.57 bits per heavy atom. The summed E-state index contributed by atoms with van der Waals surface area (Å²) in [5.41, 5.74) is 1.54. The number of rotatable bonds is 4. The van der Waals surface area contributed by atoms with E-state index in [1.54, 1.807) is 18.3 Å². The Hall–Kier alpha value is -2.68. The van der Waals surface area contributed by atoms with Gasteiger partial charge in [-0.3, -0.25) is 9.78 Å². The highest BCUT2D eigenvalue weighted by Gasteiger charge is 2.06. The number of aromatic nitrogens is 1. The van der Waals surface area contributed by atoms with E-state index in [2.05, 4.69) is 4.98 Å². The fourth-order valence-corrected chi connectivity index (χ4v) is 2.20. The predicted molar refractivity (Wildman–Crippen MR) is 82.9 cm³/mol. The number of carbonyl (C=O) groups is 1. The zero-order chi connectivity index (χ0) is 14.7. The lowest BCUT2D eigenvalue weighted by molar-refractivity contribution is 0.0988. The summed E-state index contributed by atoms with van der Waals surface area (Å²) < 4.78 is 5.89. The lowest BCUT2D eigenvalue weighted by atomic mass is 10.1. The van der Waals surface area contributed by atoms with Crippen LogP contribution in [-0.4, -0.2) is 10.8 Å². The molecule has 0 aliphatic carbocycles. The van der Waals surface area contributed by atoms with Gasteiger partial charge in [0.05, 0.1) is 0 Å². The second-order valence-electron chi connectivity index (χ2n) is 4.73. The maximum absolute atomic E-state index is 11.6. The number of fused-ring (bicyclic) bond motifs is 1. The van der Waals surface area contributed by atoms with Gasteiger partial charge in [0, 0.05) is 23.6 Å². The van der Waals surface area contributed by atoms with Crippen LogP contribution in [0.5, 0.6) is 11.5 Å². The van der Waals surface area contributed by atoms with Crippen LogP contribution in [0.3, 0.4) is 0 Å². The molecule has 0 saturated heterocycles. The normalized spacial score (nSPS) is 10.5. The molecule has 1 heterocycles. The van der Waals surface area contributed by atoms with E-state index in [1.807, 2.05) is 49.4 Å². The van der Waals surface area contributed by atoms with Gasteiger partial charge in [0.25, 0.3) is 0 Å². The minimum absolute atomic E-state index is 0.133. The van der Waals surface area contributed by atoms with Crippen molar-refractivity contribution in [3.63, 3.8) is 0 Å². The molecule has 104 valence electrons. The van der Waals surface area contributed by atoms with Gasteiger partial charge in [-0.15, -0.1) is 0 Å². The molecule has 1 aromatic heterocycles. The summed E-state index contributed by atoms with van der Waals surface area (Å²) in [6.45, 7) is 1.86. The van der Waals surface area contributed by atoms with E-state index in [9.17, 15) is 4.79 Å². The van der Waals surface area contributed by atoms with Gasteiger partial charge < -0.3 is 4.74 Å². The molecule has 3 rings (SSSR count). The van der Waals surface area contributed by atoms with Crippen LogP contribution in [0.2, 0.25) is 0 Å². The highest BCUT2D eigenvalue weighted by Crippen LogP contribution is 2.28. The third-order valence-electron chi connectivity index (χ3n) is 3.32. The molecule has 3 nitrogen and oxygen atoms in total. The molecule has 0 unspecified atom stereocenters. The molecule has 0 N–H and O–H groups in total. The topological polar surface area (TPSA) is 39.2 Å². The number of nitrogens with zero attached hydrogens (tertiary/aromatic N) is 1. The fraction of sp³-hybridized carbons (Fsp3) is 0.111. The first kappa shape index (κ1) is 13.3. The maximum atomic E-state index is 11.6. The highest BCUT2D eigenvalue weighted by atomic mass is 16.5. The van der Waals surface area contributed by atoms with Crippen molar-refractivity contribution >= 4 is 16.7 Å². The molecule has 3 aromatic rings. The fourth-order valence-electron chi connectivity index (χ4n) is 2.20. The Balaban J connectivity index is 1.90. The molecule has 21 heavy (non-hydrogen) atoms. The summed E-state index contributed by atoms with van der Waals surface area (Å²) in [4.78, 5) is 16.0. The molecule has 0 fully saturated rings. The largest absolute Gasteiger partial charge is 0.455 e. The van der Waals surface area contributed by atoms with Crippen LogP contribution in [0.25, 0.3) is 10.9 Å². The molecule has 0 aliphatic heterocycles. The monoisotopic (exact) mass is 277 g/mol. The van der Waals surface area contributed by atoms with E-state index in [1.165, 1.54) is 0 Å². The van der Waals surface area contributed by atoms with Gasteiger partial charge in [0.15, 0.2) is 11.5 Å². The standard InChI is InChI=1S/C18H15NO2/c1-2-16(20)13-8-10-15(11-9-13)21-17-7-3-5-14-6-4-12-19-18(14)17/h3-12H,2H2,1H3. The number of carbonyl (C=O) groups excluding carboxylic acids is 1. The van der Waals surface area contributed by atoms with Crippen LogP contribution in [0, 0.1) is 0 Å². The summed E-state index contributed by atoms with van der Waals surface area (Å²) in [6.07, 6.45) is 2.26. The van der Waals surface area contributed by atoms with Crippen LogP contribution in [0.15, 0.2) is 60.8 Å². The van der Waals surface area contributed by atoms with Crippen molar-refractivity contribution in [1.29, 1.82) is 0 Å². The Morgan fingerprint density at radius 2 is 1.81 bits per heavy atom. The second-order valence-corrected chi connectivity index (χ2v) is 4.73. The van der Waals surface area contributed by atoms with Gasteiger partial charge in [-0.2, -0.15) is 0 Å². The number of para-hydroxylation sites is 1. The van der Waals surface area contributed by atoms with Gasteiger partial charge in [-0.1, -0.05) is 25.1 Å². The van der Waals surface area contributed by atoms with Crippen molar-refractivity contribution in [1.82, 2.24) is 4.98 Å². The van der Waals surface area contributed by atoms with E-state index < -0.39 is 0 Å². The number of hydrogen-bond donors (Lipinski definition) is 0. The quantitative estimate of drug-likeness (QED) is 0.653. The van der Waals surface area contributed by atoms with Crippen molar-refractivity contribution < 1.29 is 9.53 Å². The SMILES string of the molecule is CCC(=O)c1ccc(Oc2cccc3cccnc23)cc1. The molecule has 0 aliphatic rings. The van der Waals surface area contributed by atoms with E-state index in [0.29, 0.717) is 23.5 Å². The average molecular weight is 277 g/mol. The van der Waals surface area contributed by atoms with Gasteiger partial charge in [0.2, 0.25) is 0 Å². The molecule has 0 amide bonds. The summed E-state index contributed by atoms with van der Waals surface area (Å²) in [6, 6.07) is 16.9.